The molecule has 2 nitrogen and oxygen atoms in total. The summed E-state index contributed by atoms with van der Waals surface area (Å²) in [5, 5.41) is 2.36. The van der Waals surface area contributed by atoms with Crippen molar-refractivity contribution in [2.75, 3.05) is 0 Å². The minimum atomic E-state index is 0.479. The average Bonchev–Trinajstić information content (AvgIpc) is 3.13. The molecule has 0 atom stereocenters. The Balaban J connectivity index is 1.67. The first-order valence-electron chi connectivity index (χ1n) is 10.1. The van der Waals surface area contributed by atoms with Gasteiger partial charge in [-0.3, -0.25) is 4.98 Å². The molecule has 0 aliphatic carbocycles. The number of pyridine rings is 1. The van der Waals surface area contributed by atoms with E-state index in [4.69, 9.17) is 4.42 Å². The van der Waals surface area contributed by atoms with Crippen molar-refractivity contribution >= 4 is 21.9 Å². The maximum absolute atomic E-state index is 6.16. The number of hydrogen-bond donors (Lipinski definition) is 0. The van der Waals surface area contributed by atoms with E-state index in [1.54, 1.807) is 0 Å². The molecule has 2 aromatic heterocycles. The van der Waals surface area contributed by atoms with Crippen LogP contribution in [-0.2, 0) is 6.42 Å². The van der Waals surface area contributed by atoms with Gasteiger partial charge in [-0.1, -0.05) is 56.3 Å². The van der Waals surface area contributed by atoms with Crippen molar-refractivity contribution in [1.82, 2.24) is 4.98 Å². The van der Waals surface area contributed by atoms with Crippen LogP contribution in [0.2, 0.25) is 0 Å². The first-order chi connectivity index (χ1) is 14.2. The van der Waals surface area contributed by atoms with Crippen molar-refractivity contribution in [2.24, 2.45) is 0 Å². The van der Waals surface area contributed by atoms with Gasteiger partial charge in [-0.05, 0) is 65.4 Å². The number of hydrogen-bond acceptors (Lipinski definition) is 2. The van der Waals surface area contributed by atoms with Crippen LogP contribution in [0.15, 0.2) is 89.5 Å². The molecule has 2 heterocycles. The summed E-state index contributed by atoms with van der Waals surface area (Å²) in [5.41, 5.74) is 7.88. The van der Waals surface area contributed by atoms with Gasteiger partial charge in [0.15, 0.2) is 0 Å². The van der Waals surface area contributed by atoms with E-state index < -0.39 is 0 Å². The number of benzene rings is 3. The standard InChI is InChI=1S/C27H23NO/c1-18(2)20-13-14-28-24(17-20)21-11-12-25-23(16-21)27-22(9-6-10-26(27)29-25)15-19-7-4-3-5-8-19/h3-14,16-18H,15H2,1-2H3. The van der Waals surface area contributed by atoms with Gasteiger partial charge in [-0.15, -0.1) is 0 Å². The second-order valence-corrected chi connectivity index (χ2v) is 7.89. The zero-order valence-corrected chi connectivity index (χ0v) is 16.7. The summed E-state index contributed by atoms with van der Waals surface area (Å²) >= 11 is 0. The first-order valence-corrected chi connectivity index (χ1v) is 10.1. The molecule has 3 aromatic carbocycles. The highest BCUT2D eigenvalue weighted by molar-refractivity contribution is 6.08. The molecule has 5 rings (SSSR count). The summed E-state index contributed by atoms with van der Waals surface area (Å²) < 4.78 is 6.16. The fourth-order valence-corrected chi connectivity index (χ4v) is 3.99. The lowest BCUT2D eigenvalue weighted by molar-refractivity contribution is 0.669. The molecule has 29 heavy (non-hydrogen) atoms. The van der Waals surface area contributed by atoms with E-state index in [1.807, 2.05) is 6.20 Å². The fraction of sp³-hybridized carbons (Fsp3) is 0.148. The van der Waals surface area contributed by atoms with Crippen molar-refractivity contribution in [3.05, 3.63) is 102 Å². The van der Waals surface area contributed by atoms with E-state index >= 15 is 0 Å². The summed E-state index contributed by atoms with van der Waals surface area (Å²) in [7, 11) is 0. The van der Waals surface area contributed by atoms with E-state index in [0.717, 1.165) is 34.2 Å². The van der Waals surface area contributed by atoms with E-state index in [2.05, 4.69) is 97.7 Å². The van der Waals surface area contributed by atoms with Crippen molar-refractivity contribution < 1.29 is 4.42 Å². The lowest BCUT2D eigenvalue weighted by Gasteiger charge is -2.08. The Kier molecular flexibility index (Phi) is 4.40. The van der Waals surface area contributed by atoms with Crippen LogP contribution in [0.4, 0.5) is 0 Å². The predicted octanol–water partition coefficient (Wildman–Crippen LogP) is 7.36. The normalized spacial score (nSPS) is 11.6. The van der Waals surface area contributed by atoms with Gasteiger partial charge in [0.2, 0.25) is 0 Å². The molecule has 0 saturated carbocycles. The van der Waals surface area contributed by atoms with E-state index in [9.17, 15) is 0 Å². The fourth-order valence-electron chi connectivity index (χ4n) is 3.99. The lowest BCUT2D eigenvalue weighted by Crippen LogP contribution is -1.91. The van der Waals surface area contributed by atoms with Crippen molar-refractivity contribution in [3.8, 4) is 11.3 Å². The van der Waals surface area contributed by atoms with Crippen LogP contribution in [-0.4, -0.2) is 4.98 Å². The van der Waals surface area contributed by atoms with Crippen LogP contribution in [0.3, 0.4) is 0 Å². The SMILES string of the molecule is CC(C)c1ccnc(-c2ccc3oc4cccc(Cc5ccccc5)c4c3c2)c1. The first kappa shape index (κ1) is 17.7. The van der Waals surface area contributed by atoms with Crippen LogP contribution in [0.1, 0.15) is 36.5 Å². The quantitative estimate of drug-likeness (QED) is 0.327. The summed E-state index contributed by atoms with van der Waals surface area (Å²) in [6.45, 7) is 4.42. The van der Waals surface area contributed by atoms with Crippen molar-refractivity contribution in [2.45, 2.75) is 26.2 Å². The van der Waals surface area contributed by atoms with Gasteiger partial charge in [-0.2, -0.15) is 0 Å². The van der Waals surface area contributed by atoms with Gasteiger partial charge in [0, 0.05) is 22.5 Å². The highest BCUT2D eigenvalue weighted by Gasteiger charge is 2.13. The number of rotatable bonds is 4. The van der Waals surface area contributed by atoms with E-state index in [-0.39, 0.29) is 0 Å². The van der Waals surface area contributed by atoms with Gasteiger partial charge in [0.05, 0.1) is 5.69 Å². The molecule has 2 heteroatoms. The predicted molar refractivity (Wildman–Crippen MR) is 120 cm³/mol. The number of fused-ring (bicyclic) bond motifs is 3. The molecule has 0 aliphatic rings. The Morgan fingerprint density at radius 3 is 2.52 bits per heavy atom. The summed E-state index contributed by atoms with van der Waals surface area (Å²) in [5.74, 6) is 0.479. The second kappa shape index (κ2) is 7.21. The largest absolute Gasteiger partial charge is 0.456 e. The summed E-state index contributed by atoms with van der Waals surface area (Å²) in [4.78, 5) is 4.62. The lowest BCUT2D eigenvalue weighted by atomic mass is 9.97. The number of nitrogens with zero attached hydrogens (tertiary/aromatic N) is 1. The maximum atomic E-state index is 6.16. The summed E-state index contributed by atoms with van der Waals surface area (Å²) in [6, 6.07) is 27.6. The third kappa shape index (κ3) is 3.31. The molecule has 0 aliphatic heterocycles. The van der Waals surface area contributed by atoms with E-state index in [1.165, 1.54) is 22.1 Å². The second-order valence-electron chi connectivity index (χ2n) is 7.89. The Morgan fingerprint density at radius 2 is 1.69 bits per heavy atom. The molecular formula is C27H23NO. The molecule has 142 valence electrons. The highest BCUT2D eigenvalue weighted by Crippen LogP contribution is 2.35. The van der Waals surface area contributed by atoms with Crippen LogP contribution >= 0.6 is 0 Å². The minimum Gasteiger partial charge on any atom is -0.456 e. The topological polar surface area (TPSA) is 26.0 Å². The van der Waals surface area contributed by atoms with Crippen LogP contribution < -0.4 is 0 Å². The molecule has 0 spiro atoms. The van der Waals surface area contributed by atoms with Gasteiger partial charge >= 0.3 is 0 Å². The minimum absolute atomic E-state index is 0.479. The van der Waals surface area contributed by atoms with Gasteiger partial charge in [0.1, 0.15) is 11.2 Å². The Morgan fingerprint density at radius 1 is 0.828 bits per heavy atom. The number of aromatic nitrogens is 1. The zero-order valence-electron chi connectivity index (χ0n) is 16.7. The molecule has 0 fully saturated rings. The van der Waals surface area contributed by atoms with Gasteiger partial charge < -0.3 is 4.42 Å². The molecule has 0 saturated heterocycles. The third-order valence-electron chi connectivity index (χ3n) is 5.57. The smallest absolute Gasteiger partial charge is 0.135 e. The third-order valence-corrected chi connectivity index (χ3v) is 5.57. The van der Waals surface area contributed by atoms with Gasteiger partial charge in [-0.25, -0.2) is 0 Å². The monoisotopic (exact) mass is 377 g/mol. The zero-order chi connectivity index (χ0) is 19.8. The number of furan rings is 1. The van der Waals surface area contributed by atoms with E-state index in [0.29, 0.717) is 5.92 Å². The van der Waals surface area contributed by atoms with Crippen molar-refractivity contribution in [3.63, 3.8) is 0 Å². The van der Waals surface area contributed by atoms with Crippen molar-refractivity contribution in [1.29, 1.82) is 0 Å². The summed E-state index contributed by atoms with van der Waals surface area (Å²) in [6.07, 6.45) is 2.79. The highest BCUT2D eigenvalue weighted by atomic mass is 16.3. The van der Waals surface area contributed by atoms with Crippen LogP contribution in [0, 0.1) is 0 Å². The molecule has 0 radical (unpaired) electrons. The molecule has 0 N–H and O–H groups in total. The molecular weight excluding hydrogens is 354 g/mol. The van der Waals surface area contributed by atoms with Crippen LogP contribution in [0.5, 0.6) is 0 Å². The Hall–Kier alpha value is -3.39. The Labute approximate surface area is 170 Å². The Bertz CT molecular complexity index is 1300. The molecule has 0 bridgehead atoms. The molecule has 0 unspecified atom stereocenters. The van der Waals surface area contributed by atoms with Gasteiger partial charge in [0.25, 0.3) is 0 Å². The molecule has 0 amide bonds. The average molecular weight is 377 g/mol. The van der Waals surface area contributed by atoms with Crippen LogP contribution in [0.25, 0.3) is 33.2 Å². The molecule has 5 aromatic rings. The maximum Gasteiger partial charge on any atom is 0.135 e.